The van der Waals surface area contributed by atoms with E-state index < -0.39 is 17.7 Å². The maximum atomic E-state index is 13.1. The van der Waals surface area contributed by atoms with Gasteiger partial charge in [0.2, 0.25) is 0 Å². The summed E-state index contributed by atoms with van der Waals surface area (Å²) < 4.78 is 10.7. The molecule has 1 aliphatic heterocycles. The Morgan fingerprint density at radius 2 is 1.88 bits per heavy atom. The fraction of sp³-hybridized carbons (Fsp3) is 0.360. The summed E-state index contributed by atoms with van der Waals surface area (Å²) in [5, 5.41) is 21.4. The molecule has 0 saturated carbocycles. The third-order valence-electron chi connectivity index (χ3n) is 5.62. The number of carbonyl (C=O) groups is 2. The quantitative estimate of drug-likeness (QED) is 0.359. The van der Waals surface area contributed by atoms with Crippen molar-refractivity contribution in [3.63, 3.8) is 0 Å². The van der Waals surface area contributed by atoms with Gasteiger partial charge in [0.25, 0.3) is 11.7 Å². The molecule has 1 heterocycles. The summed E-state index contributed by atoms with van der Waals surface area (Å²) >= 11 is 0. The summed E-state index contributed by atoms with van der Waals surface area (Å²) in [6.07, 6.45) is 0. The van der Waals surface area contributed by atoms with Gasteiger partial charge < -0.3 is 29.5 Å². The van der Waals surface area contributed by atoms with Crippen LogP contribution >= 0.6 is 0 Å². The Kier molecular flexibility index (Phi) is 7.28. The number of aryl methyl sites for hydroxylation is 1. The Morgan fingerprint density at radius 1 is 1.15 bits per heavy atom. The average Bonchev–Trinajstić information content (AvgIpc) is 3.03. The molecule has 33 heavy (non-hydrogen) atoms. The lowest BCUT2D eigenvalue weighted by atomic mass is 9.93. The molecule has 2 N–H and O–H groups in total. The van der Waals surface area contributed by atoms with Gasteiger partial charge in [-0.2, -0.15) is 0 Å². The van der Waals surface area contributed by atoms with Gasteiger partial charge in [-0.15, -0.1) is 0 Å². The number of amides is 1. The van der Waals surface area contributed by atoms with Crippen molar-refractivity contribution in [3.8, 4) is 17.2 Å². The second-order valence-corrected chi connectivity index (χ2v) is 8.14. The highest BCUT2D eigenvalue weighted by Gasteiger charge is 2.46. The van der Waals surface area contributed by atoms with E-state index in [1.807, 2.05) is 19.0 Å². The van der Waals surface area contributed by atoms with Crippen LogP contribution in [0.4, 0.5) is 0 Å². The predicted octanol–water partition coefficient (Wildman–Crippen LogP) is 3.09. The lowest BCUT2D eigenvalue weighted by molar-refractivity contribution is -0.140. The van der Waals surface area contributed by atoms with E-state index in [4.69, 9.17) is 9.47 Å². The number of benzene rings is 2. The number of carbonyl (C=O) groups excluding carboxylic acids is 2. The molecule has 0 aromatic heterocycles. The summed E-state index contributed by atoms with van der Waals surface area (Å²) in [5.74, 6) is -0.868. The van der Waals surface area contributed by atoms with Gasteiger partial charge in [-0.25, -0.2) is 0 Å². The first-order valence-electron chi connectivity index (χ1n) is 10.7. The minimum atomic E-state index is -0.828. The highest BCUT2D eigenvalue weighted by Crippen LogP contribution is 2.42. The molecule has 2 aromatic carbocycles. The Bertz CT molecular complexity index is 1090. The molecular formula is C25H30N2O6. The summed E-state index contributed by atoms with van der Waals surface area (Å²) in [6, 6.07) is 8.97. The molecule has 2 aromatic rings. The molecule has 1 fully saturated rings. The van der Waals surface area contributed by atoms with E-state index in [9.17, 15) is 19.8 Å². The maximum Gasteiger partial charge on any atom is 0.295 e. The predicted molar refractivity (Wildman–Crippen MR) is 125 cm³/mol. The molecule has 3 rings (SSSR count). The molecule has 1 aliphatic rings. The number of phenolic OH excluding ortho intramolecular Hbond substituents is 1. The minimum Gasteiger partial charge on any atom is -0.507 e. The van der Waals surface area contributed by atoms with Crippen molar-refractivity contribution in [2.45, 2.75) is 19.9 Å². The van der Waals surface area contributed by atoms with Gasteiger partial charge in [0.1, 0.15) is 11.5 Å². The first kappa shape index (κ1) is 24.1. The lowest BCUT2D eigenvalue weighted by Gasteiger charge is -2.27. The number of Topliss-reactive ketones (excluding diaryl/α,β-unsaturated/α-hetero) is 1. The largest absolute Gasteiger partial charge is 0.507 e. The van der Waals surface area contributed by atoms with Crippen LogP contribution < -0.4 is 9.47 Å². The van der Waals surface area contributed by atoms with Gasteiger partial charge in [0, 0.05) is 18.7 Å². The smallest absolute Gasteiger partial charge is 0.295 e. The van der Waals surface area contributed by atoms with E-state index in [1.165, 1.54) is 11.0 Å². The number of aromatic hydroxyl groups is 1. The molecule has 1 atom stereocenters. The molecule has 0 aliphatic carbocycles. The molecule has 0 spiro atoms. The monoisotopic (exact) mass is 454 g/mol. The number of ketones is 1. The minimum absolute atomic E-state index is 0.000149. The third kappa shape index (κ3) is 4.80. The molecule has 0 radical (unpaired) electrons. The summed E-state index contributed by atoms with van der Waals surface area (Å²) in [4.78, 5) is 29.5. The van der Waals surface area contributed by atoms with E-state index >= 15 is 0 Å². The Labute approximate surface area is 193 Å². The van der Waals surface area contributed by atoms with Crippen molar-refractivity contribution < 1.29 is 29.3 Å². The van der Waals surface area contributed by atoms with E-state index in [0.29, 0.717) is 35.6 Å². The average molecular weight is 455 g/mol. The van der Waals surface area contributed by atoms with Crippen LogP contribution in [0.5, 0.6) is 17.2 Å². The van der Waals surface area contributed by atoms with Crippen molar-refractivity contribution in [1.82, 2.24) is 9.80 Å². The Morgan fingerprint density at radius 3 is 2.48 bits per heavy atom. The first-order chi connectivity index (χ1) is 15.7. The first-order valence-corrected chi connectivity index (χ1v) is 10.7. The third-order valence-corrected chi connectivity index (χ3v) is 5.62. The fourth-order valence-electron chi connectivity index (χ4n) is 3.91. The molecule has 8 nitrogen and oxygen atoms in total. The van der Waals surface area contributed by atoms with Crippen LogP contribution in [0, 0.1) is 6.92 Å². The zero-order valence-corrected chi connectivity index (χ0v) is 19.6. The SMILES string of the molecule is CCOc1cc([C@@H]2C(=C(O)c3ccc(OC)cc3C)C(=O)C(=O)N2CCN(C)C)ccc1O. The summed E-state index contributed by atoms with van der Waals surface area (Å²) in [6.45, 7) is 4.74. The number of hydrogen-bond acceptors (Lipinski definition) is 7. The summed E-state index contributed by atoms with van der Waals surface area (Å²) in [7, 11) is 5.30. The van der Waals surface area contributed by atoms with Gasteiger partial charge in [0.05, 0.1) is 25.3 Å². The summed E-state index contributed by atoms with van der Waals surface area (Å²) in [5.41, 5.74) is 1.70. The highest BCUT2D eigenvalue weighted by atomic mass is 16.5. The van der Waals surface area contributed by atoms with Gasteiger partial charge in [-0.3, -0.25) is 9.59 Å². The number of aliphatic hydroxyl groups is 1. The molecule has 1 amide bonds. The molecular weight excluding hydrogens is 424 g/mol. The number of likely N-dealkylation sites (N-methyl/N-ethyl adjacent to an activating group) is 1. The molecule has 0 bridgehead atoms. The van der Waals surface area contributed by atoms with Crippen molar-refractivity contribution in [3.05, 3.63) is 58.7 Å². The van der Waals surface area contributed by atoms with Crippen LogP contribution in [0.2, 0.25) is 0 Å². The van der Waals surface area contributed by atoms with Crippen LogP contribution in [-0.4, -0.2) is 72.6 Å². The number of likely N-dealkylation sites (tertiary alicyclic amines) is 1. The van der Waals surface area contributed by atoms with Crippen LogP contribution in [0.15, 0.2) is 42.0 Å². The van der Waals surface area contributed by atoms with Crippen LogP contribution in [-0.2, 0) is 9.59 Å². The molecule has 0 unspecified atom stereocenters. The topological polar surface area (TPSA) is 99.5 Å². The van der Waals surface area contributed by atoms with Crippen molar-refractivity contribution >= 4 is 17.4 Å². The Balaban J connectivity index is 2.20. The molecule has 8 heteroatoms. The zero-order valence-electron chi connectivity index (χ0n) is 19.6. The molecule has 176 valence electrons. The van der Waals surface area contributed by atoms with Crippen LogP contribution in [0.1, 0.15) is 29.7 Å². The number of ether oxygens (including phenoxy) is 2. The van der Waals surface area contributed by atoms with Crippen molar-refractivity contribution in [2.24, 2.45) is 0 Å². The fourth-order valence-corrected chi connectivity index (χ4v) is 3.91. The molecule has 1 saturated heterocycles. The standard InChI is InChI=1S/C25H30N2O6/c1-6-33-20-14-16(7-10-19(20)28)22-21(24(30)25(31)27(22)12-11-26(3)4)23(29)18-9-8-17(32-5)13-15(18)2/h7-10,13-14,22,28-29H,6,11-12H2,1-5H3/t22-/m1/s1. The number of phenols is 1. The maximum absolute atomic E-state index is 13.1. The van der Waals surface area contributed by atoms with Gasteiger partial charge >= 0.3 is 0 Å². The zero-order chi connectivity index (χ0) is 24.3. The van der Waals surface area contributed by atoms with E-state index in [-0.39, 0.29) is 29.4 Å². The normalized spacial score (nSPS) is 17.6. The van der Waals surface area contributed by atoms with E-state index in [2.05, 4.69) is 0 Å². The van der Waals surface area contributed by atoms with Gasteiger partial charge in [0.15, 0.2) is 11.5 Å². The van der Waals surface area contributed by atoms with Gasteiger partial charge in [-0.05, 0) is 69.4 Å². The number of methoxy groups -OCH3 is 1. The van der Waals surface area contributed by atoms with Crippen molar-refractivity contribution in [1.29, 1.82) is 0 Å². The Hall–Kier alpha value is -3.52. The second kappa shape index (κ2) is 9.95. The van der Waals surface area contributed by atoms with Crippen molar-refractivity contribution in [2.75, 3.05) is 40.9 Å². The van der Waals surface area contributed by atoms with Gasteiger partial charge in [-0.1, -0.05) is 6.07 Å². The number of aliphatic hydroxyl groups excluding tert-OH is 1. The number of nitrogens with zero attached hydrogens (tertiary/aromatic N) is 2. The number of hydrogen-bond donors (Lipinski definition) is 2. The van der Waals surface area contributed by atoms with Crippen LogP contribution in [0.3, 0.4) is 0 Å². The highest BCUT2D eigenvalue weighted by molar-refractivity contribution is 6.46. The number of rotatable bonds is 8. The van der Waals surface area contributed by atoms with E-state index in [0.717, 1.165) is 0 Å². The lowest BCUT2D eigenvalue weighted by Crippen LogP contribution is -2.35. The van der Waals surface area contributed by atoms with Crippen LogP contribution in [0.25, 0.3) is 5.76 Å². The second-order valence-electron chi connectivity index (χ2n) is 8.14. The van der Waals surface area contributed by atoms with E-state index in [1.54, 1.807) is 51.3 Å².